The second-order valence-electron chi connectivity index (χ2n) is 7.56. The van der Waals surface area contributed by atoms with Crippen LogP contribution in [-0.2, 0) is 0 Å². The Morgan fingerprint density at radius 2 is 1.55 bits per heavy atom. The standard InChI is InChI=1S/C19H29N/c1-13-5-4-6-16(8-13)17-11-19(12-17)20-18-9-14(2)7-15(3)10-18/h4-6,8,14-15,17-20H,7,9-12H2,1-3H3. The van der Waals surface area contributed by atoms with Crippen LogP contribution in [0, 0.1) is 18.8 Å². The van der Waals surface area contributed by atoms with Gasteiger partial charge < -0.3 is 5.32 Å². The van der Waals surface area contributed by atoms with Crippen molar-refractivity contribution in [2.45, 2.75) is 70.9 Å². The van der Waals surface area contributed by atoms with E-state index in [1.54, 1.807) is 5.56 Å². The van der Waals surface area contributed by atoms with Gasteiger partial charge in [-0.05, 0) is 62.3 Å². The van der Waals surface area contributed by atoms with Crippen molar-refractivity contribution in [3.63, 3.8) is 0 Å². The first-order chi connectivity index (χ1) is 9.60. The van der Waals surface area contributed by atoms with E-state index < -0.39 is 0 Å². The fourth-order valence-electron chi connectivity index (χ4n) is 4.37. The average molecular weight is 271 g/mol. The Hall–Kier alpha value is -0.820. The fourth-order valence-corrected chi connectivity index (χ4v) is 4.37. The predicted molar refractivity (Wildman–Crippen MR) is 86.0 cm³/mol. The lowest BCUT2D eigenvalue weighted by Crippen LogP contribution is -2.47. The number of rotatable bonds is 3. The van der Waals surface area contributed by atoms with Crippen LogP contribution in [0.2, 0.25) is 0 Å². The zero-order valence-corrected chi connectivity index (χ0v) is 13.2. The number of aryl methyl sites for hydroxylation is 1. The van der Waals surface area contributed by atoms with Crippen molar-refractivity contribution in [3.05, 3.63) is 35.4 Å². The van der Waals surface area contributed by atoms with Gasteiger partial charge in [0.25, 0.3) is 0 Å². The Morgan fingerprint density at radius 3 is 2.20 bits per heavy atom. The fraction of sp³-hybridized carbons (Fsp3) is 0.684. The summed E-state index contributed by atoms with van der Waals surface area (Å²) in [5.41, 5.74) is 2.95. The van der Waals surface area contributed by atoms with Crippen LogP contribution in [0.1, 0.15) is 63.0 Å². The van der Waals surface area contributed by atoms with Crippen LogP contribution >= 0.6 is 0 Å². The molecule has 0 amide bonds. The van der Waals surface area contributed by atoms with Gasteiger partial charge in [0.15, 0.2) is 0 Å². The monoisotopic (exact) mass is 271 g/mol. The molecule has 0 bridgehead atoms. The molecule has 1 heteroatoms. The molecule has 2 aliphatic rings. The minimum atomic E-state index is 0.767. The van der Waals surface area contributed by atoms with E-state index in [1.807, 2.05) is 0 Å². The molecule has 3 rings (SSSR count). The summed E-state index contributed by atoms with van der Waals surface area (Å²) in [5, 5.41) is 3.93. The highest BCUT2D eigenvalue weighted by atomic mass is 15.0. The van der Waals surface area contributed by atoms with Crippen LogP contribution < -0.4 is 5.32 Å². The number of hydrogen-bond donors (Lipinski definition) is 1. The molecule has 1 N–H and O–H groups in total. The molecule has 2 fully saturated rings. The topological polar surface area (TPSA) is 12.0 Å². The molecule has 0 saturated heterocycles. The van der Waals surface area contributed by atoms with Crippen molar-refractivity contribution < 1.29 is 0 Å². The zero-order valence-electron chi connectivity index (χ0n) is 13.2. The summed E-state index contributed by atoms with van der Waals surface area (Å²) >= 11 is 0. The molecule has 0 spiro atoms. The van der Waals surface area contributed by atoms with Crippen molar-refractivity contribution in [3.8, 4) is 0 Å². The molecular weight excluding hydrogens is 242 g/mol. The lowest BCUT2D eigenvalue weighted by Gasteiger charge is -2.41. The summed E-state index contributed by atoms with van der Waals surface area (Å²) in [6.07, 6.45) is 6.87. The summed E-state index contributed by atoms with van der Waals surface area (Å²) in [4.78, 5) is 0. The van der Waals surface area contributed by atoms with E-state index in [1.165, 1.54) is 37.7 Å². The van der Waals surface area contributed by atoms with E-state index in [2.05, 4.69) is 50.4 Å². The molecule has 20 heavy (non-hydrogen) atoms. The second kappa shape index (κ2) is 5.89. The molecule has 0 aromatic heterocycles. The first-order valence-electron chi connectivity index (χ1n) is 8.42. The van der Waals surface area contributed by atoms with E-state index in [4.69, 9.17) is 0 Å². The molecule has 0 heterocycles. The first-order valence-corrected chi connectivity index (χ1v) is 8.42. The molecule has 110 valence electrons. The first kappa shape index (κ1) is 14.1. The smallest absolute Gasteiger partial charge is 0.00813 e. The van der Waals surface area contributed by atoms with Gasteiger partial charge in [0.1, 0.15) is 0 Å². The van der Waals surface area contributed by atoms with Crippen molar-refractivity contribution in [1.82, 2.24) is 5.32 Å². The van der Waals surface area contributed by atoms with E-state index in [0.29, 0.717) is 0 Å². The third-order valence-corrected chi connectivity index (χ3v) is 5.30. The van der Waals surface area contributed by atoms with Crippen LogP contribution in [0.25, 0.3) is 0 Å². The molecule has 2 unspecified atom stereocenters. The highest BCUT2D eigenvalue weighted by Crippen LogP contribution is 2.38. The van der Waals surface area contributed by atoms with Crippen molar-refractivity contribution in [1.29, 1.82) is 0 Å². The number of benzene rings is 1. The summed E-state index contributed by atoms with van der Waals surface area (Å²) < 4.78 is 0. The lowest BCUT2D eigenvalue weighted by molar-refractivity contribution is 0.188. The summed E-state index contributed by atoms with van der Waals surface area (Å²) in [6, 6.07) is 10.6. The van der Waals surface area contributed by atoms with Gasteiger partial charge in [-0.3, -0.25) is 0 Å². The summed E-state index contributed by atoms with van der Waals surface area (Å²) in [6.45, 7) is 7.03. The highest BCUT2D eigenvalue weighted by Gasteiger charge is 2.33. The maximum absolute atomic E-state index is 3.93. The molecule has 1 aromatic carbocycles. The second-order valence-corrected chi connectivity index (χ2v) is 7.56. The van der Waals surface area contributed by atoms with Gasteiger partial charge in [-0.1, -0.05) is 43.7 Å². The Balaban J connectivity index is 1.48. The Bertz CT molecular complexity index is 437. The maximum atomic E-state index is 3.93. The quantitative estimate of drug-likeness (QED) is 0.843. The summed E-state index contributed by atoms with van der Waals surface area (Å²) in [5.74, 6) is 2.61. The minimum Gasteiger partial charge on any atom is -0.311 e. The highest BCUT2D eigenvalue weighted by molar-refractivity contribution is 5.27. The number of nitrogens with one attached hydrogen (secondary N) is 1. The van der Waals surface area contributed by atoms with Crippen LogP contribution in [-0.4, -0.2) is 12.1 Å². The van der Waals surface area contributed by atoms with Gasteiger partial charge in [0.2, 0.25) is 0 Å². The zero-order chi connectivity index (χ0) is 14.1. The molecule has 2 saturated carbocycles. The molecule has 2 atom stereocenters. The SMILES string of the molecule is Cc1cccc(C2CC(NC3CC(C)CC(C)C3)C2)c1. The maximum Gasteiger partial charge on any atom is 0.00813 e. The van der Waals surface area contributed by atoms with E-state index in [0.717, 1.165) is 29.8 Å². The van der Waals surface area contributed by atoms with Crippen LogP contribution in [0.4, 0.5) is 0 Å². The average Bonchev–Trinajstić information content (AvgIpc) is 2.32. The van der Waals surface area contributed by atoms with Crippen molar-refractivity contribution >= 4 is 0 Å². The third kappa shape index (κ3) is 3.25. The lowest BCUT2D eigenvalue weighted by atomic mass is 9.74. The number of hydrogen-bond acceptors (Lipinski definition) is 1. The van der Waals surface area contributed by atoms with Crippen molar-refractivity contribution in [2.24, 2.45) is 11.8 Å². The van der Waals surface area contributed by atoms with Gasteiger partial charge in [0.05, 0.1) is 0 Å². The molecule has 0 radical (unpaired) electrons. The molecule has 2 aliphatic carbocycles. The van der Waals surface area contributed by atoms with E-state index >= 15 is 0 Å². The van der Waals surface area contributed by atoms with Crippen LogP contribution in [0.15, 0.2) is 24.3 Å². The van der Waals surface area contributed by atoms with Crippen LogP contribution in [0.3, 0.4) is 0 Å². The predicted octanol–water partition coefficient (Wildman–Crippen LogP) is 4.66. The Morgan fingerprint density at radius 1 is 0.900 bits per heavy atom. The van der Waals surface area contributed by atoms with E-state index in [9.17, 15) is 0 Å². The van der Waals surface area contributed by atoms with Gasteiger partial charge >= 0.3 is 0 Å². The molecule has 1 aromatic rings. The van der Waals surface area contributed by atoms with Crippen molar-refractivity contribution in [2.75, 3.05) is 0 Å². The Kier molecular flexibility index (Phi) is 4.16. The van der Waals surface area contributed by atoms with Gasteiger partial charge in [-0.15, -0.1) is 0 Å². The normalized spacial score (nSPS) is 37.5. The van der Waals surface area contributed by atoms with Gasteiger partial charge in [-0.25, -0.2) is 0 Å². The minimum absolute atomic E-state index is 0.767. The van der Waals surface area contributed by atoms with Gasteiger partial charge in [0, 0.05) is 12.1 Å². The summed E-state index contributed by atoms with van der Waals surface area (Å²) in [7, 11) is 0. The third-order valence-electron chi connectivity index (χ3n) is 5.30. The molecular formula is C19H29N. The Labute approximate surface area is 124 Å². The van der Waals surface area contributed by atoms with Gasteiger partial charge in [-0.2, -0.15) is 0 Å². The molecule has 0 aliphatic heterocycles. The van der Waals surface area contributed by atoms with Crippen LogP contribution in [0.5, 0.6) is 0 Å². The van der Waals surface area contributed by atoms with E-state index in [-0.39, 0.29) is 0 Å². The molecule has 1 nitrogen and oxygen atoms in total. The largest absolute Gasteiger partial charge is 0.311 e.